The summed E-state index contributed by atoms with van der Waals surface area (Å²) in [7, 11) is 1.57. The van der Waals surface area contributed by atoms with E-state index in [0.717, 1.165) is 23.3 Å². The van der Waals surface area contributed by atoms with E-state index in [-0.39, 0.29) is 12.0 Å². The Morgan fingerprint density at radius 3 is 2.80 bits per heavy atom. The molecular formula is C24H27NO5. The maximum absolute atomic E-state index is 12.5. The van der Waals surface area contributed by atoms with E-state index in [2.05, 4.69) is 11.9 Å². The van der Waals surface area contributed by atoms with Crippen molar-refractivity contribution in [1.82, 2.24) is 0 Å². The van der Waals surface area contributed by atoms with Gasteiger partial charge in [0.1, 0.15) is 24.2 Å². The van der Waals surface area contributed by atoms with Gasteiger partial charge in [0.2, 0.25) is 5.91 Å². The van der Waals surface area contributed by atoms with Gasteiger partial charge in [-0.3, -0.25) is 4.79 Å². The zero-order valence-electron chi connectivity index (χ0n) is 17.6. The van der Waals surface area contributed by atoms with Crippen molar-refractivity contribution in [2.75, 3.05) is 25.6 Å². The Labute approximate surface area is 177 Å². The Morgan fingerprint density at radius 1 is 1.23 bits per heavy atom. The van der Waals surface area contributed by atoms with Crippen LogP contribution in [0.1, 0.15) is 25.0 Å². The number of amides is 1. The summed E-state index contributed by atoms with van der Waals surface area (Å²) in [5.41, 5.74) is 2.49. The molecule has 1 aliphatic rings. The van der Waals surface area contributed by atoms with Crippen molar-refractivity contribution in [2.24, 2.45) is 0 Å². The molecule has 1 N–H and O–H groups in total. The summed E-state index contributed by atoms with van der Waals surface area (Å²) in [6.07, 6.45) is 5.79. The van der Waals surface area contributed by atoms with Gasteiger partial charge in [-0.25, -0.2) is 0 Å². The molecule has 0 aliphatic carbocycles. The SMILES string of the molecule is C=CCOc1ccc(/C=C/C(=O)Nc2cc3c(cc2OCC)CC(C)O3)cc1OC. The van der Waals surface area contributed by atoms with E-state index in [1.54, 1.807) is 31.4 Å². The molecule has 0 saturated carbocycles. The number of hydrogen-bond acceptors (Lipinski definition) is 5. The van der Waals surface area contributed by atoms with Gasteiger partial charge in [0.15, 0.2) is 11.5 Å². The Morgan fingerprint density at radius 2 is 2.07 bits per heavy atom. The van der Waals surface area contributed by atoms with Crippen LogP contribution in [0, 0.1) is 0 Å². The van der Waals surface area contributed by atoms with E-state index in [9.17, 15) is 4.79 Å². The van der Waals surface area contributed by atoms with Crippen molar-refractivity contribution < 1.29 is 23.7 Å². The van der Waals surface area contributed by atoms with Crippen molar-refractivity contribution >= 4 is 17.7 Å². The molecule has 0 aromatic heterocycles. The standard InChI is InChI=1S/C24H27NO5/c1-5-11-29-20-9-7-17(13-23(20)27-4)8-10-24(26)25-19-15-21-18(12-16(3)30-21)14-22(19)28-6-2/h5,7-10,13-16H,1,6,11-12H2,2-4H3,(H,25,26)/b10-8+. The number of ether oxygens (including phenoxy) is 4. The minimum atomic E-state index is -0.270. The summed E-state index contributed by atoms with van der Waals surface area (Å²) in [4.78, 5) is 12.5. The van der Waals surface area contributed by atoms with Crippen LogP contribution in [0.25, 0.3) is 6.08 Å². The van der Waals surface area contributed by atoms with E-state index in [1.165, 1.54) is 6.08 Å². The van der Waals surface area contributed by atoms with Gasteiger partial charge < -0.3 is 24.3 Å². The molecule has 1 atom stereocenters. The maximum Gasteiger partial charge on any atom is 0.248 e. The fraction of sp³-hybridized carbons (Fsp3) is 0.292. The van der Waals surface area contributed by atoms with Crippen LogP contribution in [0.3, 0.4) is 0 Å². The van der Waals surface area contributed by atoms with Crippen molar-refractivity contribution in [3.8, 4) is 23.0 Å². The molecule has 6 nitrogen and oxygen atoms in total. The van der Waals surface area contributed by atoms with Gasteiger partial charge in [0.25, 0.3) is 0 Å². The number of fused-ring (bicyclic) bond motifs is 1. The minimum Gasteiger partial charge on any atom is -0.493 e. The molecule has 0 bridgehead atoms. The number of hydrogen-bond donors (Lipinski definition) is 1. The number of rotatable bonds is 9. The zero-order chi connectivity index (χ0) is 21.5. The lowest BCUT2D eigenvalue weighted by molar-refractivity contribution is -0.111. The van der Waals surface area contributed by atoms with Crippen LogP contribution >= 0.6 is 0 Å². The number of carbonyl (C=O) groups is 1. The van der Waals surface area contributed by atoms with Gasteiger partial charge in [-0.2, -0.15) is 0 Å². The molecule has 3 rings (SSSR count). The van der Waals surface area contributed by atoms with E-state index in [4.69, 9.17) is 18.9 Å². The first-order valence-electron chi connectivity index (χ1n) is 9.91. The van der Waals surface area contributed by atoms with Gasteiger partial charge in [-0.05, 0) is 43.7 Å². The summed E-state index contributed by atoms with van der Waals surface area (Å²) in [5.74, 6) is 2.36. The normalized spacial score (nSPS) is 14.7. The molecule has 0 fully saturated rings. The van der Waals surface area contributed by atoms with Crippen LogP contribution in [0.5, 0.6) is 23.0 Å². The van der Waals surface area contributed by atoms with E-state index < -0.39 is 0 Å². The monoisotopic (exact) mass is 409 g/mol. The minimum absolute atomic E-state index is 0.119. The van der Waals surface area contributed by atoms with Crippen LogP contribution in [0.4, 0.5) is 5.69 Å². The number of nitrogens with one attached hydrogen (secondary N) is 1. The van der Waals surface area contributed by atoms with Gasteiger partial charge >= 0.3 is 0 Å². The fourth-order valence-electron chi connectivity index (χ4n) is 3.21. The number of methoxy groups -OCH3 is 1. The molecule has 1 aliphatic heterocycles. The summed E-state index contributed by atoms with van der Waals surface area (Å²) in [6.45, 7) is 8.46. The topological polar surface area (TPSA) is 66.0 Å². The smallest absolute Gasteiger partial charge is 0.248 e. The largest absolute Gasteiger partial charge is 0.493 e. The van der Waals surface area contributed by atoms with Crippen molar-refractivity contribution in [3.63, 3.8) is 0 Å². The van der Waals surface area contributed by atoms with E-state index >= 15 is 0 Å². The second kappa shape index (κ2) is 9.87. The molecule has 1 amide bonds. The molecule has 1 unspecified atom stereocenters. The Kier molecular flexibility index (Phi) is 7.01. The molecule has 158 valence electrons. The number of carbonyl (C=O) groups excluding carboxylic acids is 1. The maximum atomic E-state index is 12.5. The highest BCUT2D eigenvalue weighted by Crippen LogP contribution is 2.38. The summed E-state index contributed by atoms with van der Waals surface area (Å²) < 4.78 is 22.4. The highest BCUT2D eigenvalue weighted by molar-refractivity contribution is 6.03. The first-order valence-corrected chi connectivity index (χ1v) is 9.91. The molecule has 1 heterocycles. The van der Waals surface area contributed by atoms with Gasteiger partial charge in [0, 0.05) is 24.1 Å². The molecule has 6 heteroatoms. The van der Waals surface area contributed by atoms with Crippen molar-refractivity contribution in [3.05, 3.63) is 60.2 Å². The summed E-state index contributed by atoms with van der Waals surface area (Å²) in [6, 6.07) is 9.21. The third-order valence-electron chi connectivity index (χ3n) is 4.53. The fourth-order valence-corrected chi connectivity index (χ4v) is 3.21. The van der Waals surface area contributed by atoms with Gasteiger partial charge in [0.05, 0.1) is 19.4 Å². The number of benzene rings is 2. The first-order chi connectivity index (χ1) is 14.5. The van der Waals surface area contributed by atoms with Crippen molar-refractivity contribution in [2.45, 2.75) is 26.4 Å². The number of anilines is 1. The second-order valence-electron chi connectivity index (χ2n) is 6.85. The molecule has 30 heavy (non-hydrogen) atoms. The first kappa shape index (κ1) is 21.3. The average molecular weight is 409 g/mol. The van der Waals surface area contributed by atoms with Crippen LogP contribution in [0.15, 0.2) is 49.1 Å². The lowest BCUT2D eigenvalue weighted by Crippen LogP contribution is -2.10. The third kappa shape index (κ3) is 5.14. The Balaban J connectivity index is 1.73. The molecule has 0 radical (unpaired) electrons. The van der Waals surface area contributed by atoms with Gasteiger partial charge in [-0.15, -0.1) is 0 Å². The predicted octanol–water partition coefficient (Wildman–Crippen LogP) is 4.63. The lowest BCUT2D eigenvalue weighted by Gasteiger charge is -2.13. The summed E-state index contributed by atoms with van der Waals surface area (Å²) in [5, 5.41) is 2.88. The molecule has 2 aromatic carbocycles. The quantitative estimate of drug-likeness (QED) is 0.483. The molecular weight excluding hydrogens is 382 g/mol. The van der Waals surface area contributed by atoms with Crippen LogP contribution in [-0.4, -0.2) is 32.3 Å². The summed E-state index contributed by atoms with van der Waals surface area (Å²) >= 11 is 0. The molecule has 0 spiro atoms. The van der Waals surface area contributed by atoms with Crippen LogP contribution in [0.2, 0.25) is 0 Å². The van der Waals surface area contributed by atoms with E-state index in [1.807, 2.05) is 32.0 Å². The highest BCUT2D eigenvalue weighted by atomic mass is 16.5. The van der Waals surface area contributed by atoms with Crippen molar-refractivity contribution in [1.29, 1.82) is 0 Å². The Hall–Kier alpha value is -3.41. The van der Waals surface area contributed by atoms with E-state index in [0.29, 0.717) is 36.1 Å². The lowest BCUT2D eigenvalue weighted by atomic mass is 10.1. The molecule has 2 aromatic rings. The average Bonchev–Trinajstić information content (AvgIpc) is 3.10. The third-order valence-corrected chi connectivity index (χ3v) is 4.53. The van der Waals surface area contributed by atoms with Crippen LogP contribution < -0.4 is 24.3 Å². The highest BCUT2D eigenvalue weighted by Gasteiger charge is 2.22. The molecule has 0 saturated heterocycles. The van der Waals surface area contributed by atoms with Crippen LogP contribution in [-0.2, 0) is 11.2 Å². The second-order valence-corrected chi connectivity index (χ2v) is 6.85. The predicted molar refractivity (Wildman–Crippen MR) is 118 cm³/mol. The Bertz CT molecular complexity index is 951. The zero-order valence-corrected chi connectivity index (χ0v) is 17.6. The van der Waals surface area contributed by atoms with Gasteiger partial charge in [-0.1, -0.05) is 18.7 Å².